The van der Waals surface area contributed by atoms with E-state index in [9.17, 15) is 19.0 Å². The largest absolute Gasteiger partial charge is 0.756 e. The minimum Gasteiger partial charge on any atom is -0.756 e. The van der Waals surface area contributed by atoms with Crippen LogP contribution in [0.4, 0.5) is 0 Å². The maximum atomic E-state index is 13.6. The standard InChI is InChI=1S/C70H127N2O7P/c1-7-10-13-16-19-22-25-28-30-32-33-34-35-36-37-38-39-41-42-44-47-50-53-56-59-62-69(73)71-67(66-78-80(75,76)77-65-64-72(4,5)6)68(61-58-55-52-49-46-27-24-21-18-15-12-9-3)79-70(74)63-60-57-54-51-48-45-43-40-31-29-26-23-20-17-14-11-8-2/h10,13,19,22,28-31,33-34,36-37,58,61,67-68H,7-9,11-12,14-18,20-21,23-27,32,35,38-57,59-60,62-66H2,1-6H3,(H-,71,73,75,76)/b13-10-,22-19-,30-28-,31-29+,34-33-,37-36-,61-58-. The first kappa shape index (κ1) is 77.2. The molecule has 0 aliphatic rings. The highest BCUT2D eigenvalue weighted by Gasteiger charge is 2.27. The van der Waals surface area contributed by atoms with Gasteiger partial charge in [0.1, 0.15) is 19.3 Å². The van der Waals surface area contributed by atoms with Crippen LogP contribution < -0.4 is 10.2 Å². The van der Waals surface area contributed by atoms with E-state index in [0.717, 1.165) is 116 Å². The third kappa shape index (κ3) is 59.8. The normalized spacial score (nSPS) is 14.1. The molecule has 0 rings (SSSR count). The molecule has 0 aromatic heterocycles. The summed E-state index contributed by atoms with van der Waals surface area (Å²) in [5.41, 5.74) is 0. The first-order valence-electron chi connectivity index (χ1n) is 33.4. The summed E-state index contributed by atoms with van der Waals surface area (Å²) in [6.07, 6.45) is 78.3. The van der Waals surface area contributed by atoms with Crippen LogP contribution in [-0.2, 0) is 27.9 Å². The van der Waals surface area contributed by atoms with E-state index in [1.54, 1.807) is 0 Å². The zero-order valence-corrected chi connectivity index (χ0v) is 53.9. The maximum Gasteiger partial charge on any atom is 0.306 e. The fourth-order valence-electron chi connectivity index (χ4n) is 9.43. The van der Waals surface area contributed by atoms with Crippen molar-refractivity contribution in [1.29, 1.82) is 0 Å². The van der Waals surface area contributed by atoms with E-state index in [1.165, 1.54) is 148 Å². The molecule has 0 aromatic rings. The Morgan fingerprint density at radius 1 is 0.450 bits per heavy atom. The fourth-order valence-corrected chi connectivity index (χ4v) is 10.1. The van der Waals surface area contributed by atoms with E-state index >= 15 is 0 Å². The molecule has 0 heterocycles. The van der Waals surface area contributed by atoms with Crippen molar-refractivity contribution in [1.82, 2.24) is 5.32 Å². The van der Waals surface area contributed by atoms with Crippen LogP contribution in [0.25, 0.3) is 0 Å². The van der Waals surface area contributed by atoms with Crippen molar-refractivity contribution in [3.63, 3.8) is 0 Å². The SMILES string of the molecule is CC/C=C\C/C=C\C/C=C\C/C=C\C/C=C\CCCCCCCCCCCC(=O)NC(COP(=O)([O-])OCC[N+](C)(C)C)C(/C=C\CCCCCCCCCCCC)OC(=O)CCCCCCCCC/C=C/CCCCCCCC. The Bertz CT molecular complexity index is 1640. The number of esters is 1. The van der Waals surface area contributed by atoms with Crippen LogP contribution in [0.3, 0.4) is 0 Å². The molecule has 1 amide bonds. The number of phosphoric ester groups is 1. The number of allylic oxidation sites excluding steroid dienone is 13. The summed E-state index contributed by atoms with van der Waals surface area (Å²) in [6.45, 7) is 6.73. The van der Waals surface area contributed by atoms with Crippen LogP contribution in [-0.4, -0.2) is 69.4 Å². The maximum absolute atomic E-state index is 13.6. The van der Waals surface area contributed by atoms with Gasteiger partial charge in [0.25, 0.3) is 7.82 Å². The second-order valence-corrected chi connectivity index (χ2v) is 25.0. The molecule has 0 aromatic carbocycles. The predicted octanol–water partition coefficient (Wildman–Crippen LogP) is 20.3. The average molecular weight is 1140 g/mol. The van der Waals surface area contributed by atoms with Gasteiger partial charge in [-0.15, -0.1) is 0 Å². The Morgan fingerprint density at radius 3 is 1.21 bits per heavy atom. The number of nitrogens with zero attached hydrogens (tertiary/aromatic N) is 1. The van der Waals surface area contributed by atoms with Crippen molar-refractivity contribution in [2.45, 2.75) is 309 Å². The van der Waals surface area contributed by atoms with Crippen LogP contribution in [0.2, 0.25) is 0 Å². The number of amides is 1. The smallest absolute Gasteiger partial charge is 0.306 e. The highest BCUT2D eigenvalue weighted by Crippen LogP contribution is 2.38. The monoisotopic (exact) mass is 1140 g/mol. The molecule has 0 aliphatic carbocycles. The van der Waals surface area contributed by atoms with Crippen molar-refractivity contribution in [3.05, 3.63) is 85.1 Å². The number of unbranched alkanes of at least 4 members (excludes halogenated alkanes) is 32. The molecule has 0 fully saturated rings. The molecule has 3 unspecified atom stereocenters. The highest BCUT2D eigenvalue weighted by molar-refractivity contribution is 7.45. The second-order valence-electron chi connectivity index (χ2n) is 23.6. The highest BCUT2D eigenvalue weighted by atomic mass is 31.2. The summed E-state index contributed by atoms with van der Waals surface area (Å²) >= 11 is 0. The third-order valence-electron chi connectivity index (χ3n) is 14.6. The van der Waals surface area contributed by atoms with Gasteiger partial charge in [0.15, 0.2) is 0 Å². The van der Waals surface area contributed by atoms with Gasteiger partial charge < -0.3 is 28.5 Å². The van der Waals surface area contributed by atoms with E-state index in [-0.39, 0.29) is 24.9 Å². The van der Waals surface area contributed by atoms with Gasteiger partial charge in [-0.1, -0.05) is 267 Å². The number of hydrogen-bond donors (Lipinski definition) is 1. The number of rotatable bonds is 60. The van der Waals surface area contributed by atoms with Gasteiger partial charge in [0, 0.05) is 12.8 Å². The van der Waals surface area contributed by atoms with Gasteiger partial charge in [0.05, 0.1) is 33.8 Å². The van der Waals surface area contributed by atoms with Crippen molar-refractivity contribution >= 4 is 19.7 Å². The lowest BCUT2D eigenvalue weighted by molar-refractivity contribution is -0.870. The summed E-state index contributed by atoms with van der Waals surface area (Å²) in [6, 6.07) is -0.897. The van der Waals surface area contributed by atoms with Crippen molar-refractivity contribution < 1.29 is 37.3 Å². The zero-order chi connectivity index (χ0) is 58.6. The molecule has 0 radical (unpaired) electrons. The zero-order valence-electron chi connectivity index (χ0n) is 53.0. The molecular weight excluding hydrogens is 1010 g/mol. The number of carbonyl (C=O) groups excluding carboxylic acids is 2. The number of phosphoric acid groups is 1. The number of ether oxygens (including phenoxy) is 1. The summed E-state index contributed by atoms with van der Waals surface area (Å²) in [5, 5.41) is 3.03. The molecule has 80 heavy (non-hydrogen) atoms. The molecule has 0 saturated heterocycles. The molecule has 0 spiro atoms. The van der Waals surface area contributed by atoms with E-state index in [0.29, 0.717) is 17.4 Å². The number of carbonyl (C=O) groups is 2. The van der Waals surface area contributed by atoms with E-state index < -0.39 is 26.6 Å². The Kier molecular flexibility index (Phi) is 57.3. The van der Waals surface area contributed by atoms with Crippen LogP contribution in [0, 0.1) is 0 Å². The van der Waals surface area contributed by atoms with Gasteiger partial charge in [-0.3, -0.25) is 14.2 Å². The first-order valence-corrected chi connectivity index (χ1v) is 34.9. The molecule has 0 bridgehead atoms. The van der Waals surface area contributed by atoms with Gasteiger partial charge in [0.2, 0.25) is 5.91 Å². The van der Waals surface area contributed by atoms with Crippen LogP contribution in [0.5, 0.6) is 0 Å². The minimum atomic E-state index is -4.71. The molecule has 10 heteroatoms. The molecule has 0 aliphatic heterocycles. The number of nitrogens with one attached hydrogen (secondary N) is 1. The molecule has 3 atom stereocenters. The third-order valence-corrected chi connectivity index (χ3v) is 15.5. The van der Waals surface area contributed by atoms with Crippen LogP contribution in [0.1, 0.15) is 297 Å². The van der Waals surface area contributed by atoms with E-state index in [1.807, 2.05) is 33.3 Å². The quantitative estimate of drug-likeness (QED) is 0.0212. The van der Waals surface area contributed by atoms with Gasteiger partial charge in [-0.2, -0.15) is 0 Å². The van der Waals surface area contributed by atoms with E-state index in [4.69, 9.17) is 13.8 Å². The summed E-state index contributed by atoms with van der Waals surface area (Å²) < 4.78 is 30.4. The fraction of sp³-hybridized carbons (Fsp3) is 0.771. The van der Waals surface area contributed by atoms with Crippen molar-refractivity contribution in [2.75, 3.05) is 40.9 Å². The topological polar surface area (TPSA) is 114 Å². The number of likely N-dealkylation sites (N-methyl/N-ethyl adjacent to an activating group) is 1. The average Bonchev–Trinajstić information content (AvgIpc) is 3.42. The second kappa shape index (κ2) is 59.4. The number of hydrogen-bond acceptors (Lipinski definition) is 7. The van der Waals surface area contributed by atoms with Gasteiger partial charge in [-0.25, -0.2) is 0 Å². The Labute approximate surface area is 495 Å². The minimum absolute atomic E-state index is 0.0268. The lowest BCUT2D eigenvalue weighted by Crippen LogP contribution is -2.47. The summed E-state index contributed by atoms with van der Waals surface area (Å²) in [4.78, 5) is 40.1. The van der Waals surface area contributed by atoms with Crippen LogP contribution in [0.15, 0.2) is 85.1 Å². The molecule has 1 N–H and O–H groups in total. The molecular formula is C70H127N2O7P. The van der Waals surface area contributed by atoms with Crippen LogP contribution >= 0.6 is 7.82 Å². The number of quaternary nitrogens is 1. The Morgan fingerprint density at radius 2 is 0.800 bits per heavy atom. The first-order chi connectivity index (χ1) is 38.9. The predicted molar refractivity (Wildman–Crippen MR) is 344 cm³/mol. The lowest BCUT2D eigenvalue weighted by Gasteiger charge is -2.30. The Hall–Kier alpha value is -2.81. The van der Waals surface area contributed by atoms with Crippen molar-refractivity contribution in [3.8, 4) is 0 Å². The summed E-state index contributed by atoms with van der Waals surface area (Å²) in [7, 11) is 1.18. The molecule has 464 valence electrons. The van der Waals surface area contributed by atoms with Gasteiger partial charge >= 0.3 is 5.97 Å². The van der Waals surface area contributed by atoms with E-state index in [2.05, 4.69) is 99.0 Å². The molecule has 9 nitrogen and oxygen atoms in total. The molecule has 0 saturated carbocycles. The van der Waals surface area contributed by atoms with Gasteiger partial charge in [-0.05, 0) is 102 Å². The Balaban J connectivity index is 5.15. The van der Waals surface area contributed by atoms with Crippen molar-refractivity contribution in [2.24, 2.45) is 0 Å². The lowest BCUT2D eigenvalue weighted by atomic mass is 10.0. The summed E-state index contributed by atoms with van der Waals surface area (Å²) in [5.74, 6) is -0.550.